The Morgan fingerprint density at radius 1 is 1.57 bits per heavy atom. The number of terminal acetylenes is 1. The van der Waals surface area contributed by atoms with E-state index in [4.69, 9.17) is 6.42 Å². The van der Waals surface area contributed by atoms with Gasteiger partial charge in [0.15, 0.2) is 0 Å². The lowest BCUT2D eigenvalue weighted by atomic mass is 9.92. The van der Waals surface area contributed by atoms with Crippen molar-refractivity contribution in [2.24, 2.45) is 0 Å². The molecule has 2 rings (SSSR count). The molecule has 0 radical (unpaired) electrons. The predicted octanol–water partition coefficient (Wildman–Crippen LogP) is 2.15. The molecule has 1 heteroatoms. The molecule has 0 amide bonds. The van der Waals surface area contributed by atoms with E-state index in [9.17, 15) is 5.11 Å². The Morgan fingerprint density at radius 3 is 3.07 bits per heavy atom. The third-order valence-corrected chi connectivity index (χ3v) is 2.97. The van der Waals surface area contributed by atoms with Crippen molar-refractivity contribution in [3.63, 3.8) is 0 Å². The van der Waals surface area contributed by atoms with Crippen LogP contribution in [0.25, 0.3) is 0 Å². The molecule has 1 N–H and O–H groups in total. The number of hydrogen-bond donors (Lipinski definition) is 1. The molecule has 72 valence electrons. The molecule has 1 atom stereocenters. The molecule has 1 aliphatic rings. The van der Waals surface area contributed by atoms with Crippen LogP contribution in [0.15, 0.2) is 18.2 Å². The number of hydrogen-bond acceptors (Lipinski definition) is 1. The first-order valence-corrected chi connectivity index (χ1v) is 4.91. The number of aliphatic hydroxyl groups is 1. The molecular weight excluding hydrogens is 172 g/mol. The van der Waals surface area contributed by atoms with E-state index in [1.807, 2.05) is 6.92 Å². The molecule has 0 aliphatic heterocycles. The topological polar surface area (TPSA) is 20.2 Å². The van der Waals surface area contributed by atoms with Crippen molar-refractivity contribution in [3.05, 3.63) is 34.9 Å². The highest BCUT2D eigenvalue weighted by molar-refractivity contribution is 5.40. The summed E-state index contributed by atoms with van der Waals surface area (Å²) in [7, 11) is 0. The molecule has 0 bridgehead atoms. The molecule has 0 saturated carbocycles. The van der Waals surface area contributed by atoms with E-state index < -0.39 is 5.60 Å². The van der Waals surface area contributed by atoms with Gasteiger partial charge in [0, 0.05) is 6.42 Å². The summed E-state index contributed by atoms with van der Waals surface area (Å²) in [5.74, 6) is 2.56. The molecule has 1 nitrogen and oxygen atoms in total. The highest BCUT2D eigenvalue weighted by atomic mass is 16.3. The number of fused-ring (bicyclic) bond motifs is 1. The highest BCUT2D eigenvalue weighted by Gasteiger charge is 2.35. The van der Waals surface area contributed by atoms with Crippen molar-refractivity contribution in [1.82, 2.24) is 0 Å². The molecule has 0 heterocycles. The lowest BCUT2D eigenvalue weighted by Gasteiger charge is -2.21. The van der Waals surface area contributed by atoms with Gasteiger partial charge < -0.3 is 5.11 Å². The Morgan fingerprint density at radius 2 is 2.36 bits per heavy atom. The van der Waals surface area contributed by atoms with E-state index in [-0.39, 0.29) is 0 Å². The Kier molecular flexibility index (Phi) is 2.09. The summed E-state index contributed by atoms with van der Waals surface area (Å²) in [6, 6.07) is 6.24. The lowest BCUT2D eigenvalue weighted by Crippen LogP contribution is -2.21. The average molecular weight is 186 g/mol. The van der Waals surface area contributed by atoms with Gasteiger partial charge >= 0.3 is 0 Å². The van der Waals surface area contributed by atoms with Crippen molar-refractivity contribution in [2.45, 2.75) is 31.8 Å². The molecule has 0 fully saturated rings. The van der Waals surface area contributed by atoms with Crippen LogP contribution in [0.4, 0.5) is 0 Å². The van der Waals surface area contributed by atoms with Gasteiger partial charge in [-0.25, -0.2) is 0 Å². The monoisotopic (exact) mass is 186 g/mol. The van der Waals surface area contributed by atoms with Crippen LogP contribution < -0.4 is 0 Å². The molecule has 0 aromatic heterocycles. The van der Waals surface area contributed by atoms with Crippen molar-refractivity contribution in [1.29, 1.82) is 0 Å². The van der Waals surface area contributed by atoms with Crippen LogP contribution in [0.5, 0.6) is 0 Å². The minimum Gasteiger partial charge on any atom is -0.384 e. The third kappa shape index (κ3) is 1.32. The third-order valence-electron chi connectivity index (χ3n) is 2.97. The first kappa shape index (κ1) is 9.30. The largest absolute Gasteiger partial charge is 0.384 e. The average Bonchev–Trinajstić information content (AvgIpc) is 2.45. The Bertz CT molecular complexity index is 400. The second-order valence-electron chi connectivity index (χ2n) is 4.07. The van der Waals surface area contributed by atoms with Gasteiger partial charge in [-0.1, -0.05) is 23.8 Å². The van der Waals surface area contributed by atoms with Crippen LogP contribution in [-0.2, 0) is 12.0 Å². The molecular formula is C13H14O. The van der Waals surface area contributed by atoms with Crippen LogP contribution in [0.1, 0.15) is 29.5 Å². The summed E-state index contributed by atoms with van der Waals surface area (Å²) in [4.78, 5) is 0. The zero-order chi connectivity index (χ0) is 10.2. The Balaban J connectivity index is 2.48. The highest BCUT2D eigenvalue weighted by Crippen LogP contribution is 2.39. The second kappa shape index (κ2) is 3.15. The van der Waals surface area contributed by atoms with Crippen LogP contribution in [0.3, 0.4) is 0 Å². The normalized spacial score (nSPS) is 24.4. The molecule has 1 aromatic rings. The fraction of sp³-hybridized carbons (Fsp3) is 0.385. The maximum Gasteiger partial charge on any atom is 0.101 e. The first-order valence-electron chi connectivity index (χ1n) is 4.91. The fourth-order valence-corrected chi connectivity index (χ4v) is 2.17. The summed E-state index contributed by atoms with van der Waals surface area (Å²) in [6.07, 6.45) is 7.40. The SMILES string of the molecule is C#CCC1(O)CCc2ccc(C)cc21. The van der Waals surface area contributed by atoms with Gasteiger partial charge in [0.2, 0.25) is 0 Å². The number of aryl methyl sites for hydroxylation is 2. The maximum atomic E-state index is 10.3. The van der Waals surface area contributed by atoms with Crippen LogP contribution in [-0.4, -0.2) is 5.11 Å². The zero-order valence-electron chi connectivity index (χ0n) is 8.38. The van der Waals surface area contributed by atoms with Crippen LogP contribution >= 0.6 is 0 Å². The van der Waals surface area contributed by atoms with Crippen LogP contribution in [0, 0.1) is 19.3 Å². The van der Waals surface area contributed by atoms with Gasteiger partial charge in [0.1, 0.15) is 5.60 Å². The summed E-state index contributed by atoms with van der Waals surface area (Å²) in [6.45, 7) is 2.04. The predicted molar refractivity (Wildman–Crippen MR) is 56.8 cm³/mol. The lowest BCUT2D eigenvalue weighted by molar-refractivity contribution is 0.0441. The Labute approximate surface area is 84.8 Å². The summed E-state index contributed by atoms with van der Waals surface area (Å²) in [5, 5.41) is 10.3. The maximum absolute atomic E-state index is 10.3. The summed E-state index contributed by atoms with van der Waals surface area (Å²) in [5.41, 5.74) is 2.70. The van der Waals surface area contributed by atoms with Crippen molar-refractivity contribution < 1.29 is 5.11 Å². The van der Waals surface area contributed by atoms with Gasteiger partial charge in [0.05, 0.1) is 0 Å². The quantitative estimate of drug-likeness (QED) is 0.666. The van der Waals surface area contributed by atoms with E-state index >= 15 is 0 Å². The van der Waals surface area contributed by atoms with Gasteiger partial charge in [-0.15, -0.1) is 12.3 Å². The zero-order valence-corrected chi connectivity index (χ0v) is 8.38. The van der Waals surface area contributed by atoms with Crippen molar-refractivity contribution >= 4 is 0 Å². The molecule has 1 unspecified atom stereocenters. The number of benzene rings is 1. The molecule has 0 spiro atoms. The van der Waals surface area contributed by atoms with Gasteiger partial charge in [0.25, 0.3) is 0 Å². The second-order valence-corrected chi connectivity index (χ2v) is 4.07. The minimum absolute atomic E-state index is 0.420. The summed E-state index contributed by atoms with van der Waals surface area (Å²) >= 11 is 0. The van der Waals surface area contributed by atoms with E-state index in [0.717, 1.165) is 18.4 Å². The van der Waals surface area contributed by atoms with E-state index in [2.05, 4.69) is 24.1 Å². The van der Waals surface area contributed by atoms with Crippen molar-refractivity contribution in [3.8, 4) is 12.3 Å². The van der Waals surface area contributed by atoms with Gasteiger partial charge in [-0.3, -0.25) is 0 Å². The van der Waals surface area contributed by atoms with E-state index in [0.29, 0.717) is 6.42 Å². The van der Waals surface area contributed by atoms with Gasteiger partial charge in [-0.05, 0) is 30.9 Å². The van der Waals surface area contributed by atoms with Crippen LogP contribution in [0.2, 0.25) is 0 Å². The molecule has 1 aromatic carbocycles. The Hall–Kier alpha value is -1.26. The fourth-order valence-electron chi connectivity index (χ4n) is 2.17. The van der Waals surface area contributed by atoms with Gasteiger partial charge in [-0.2, -0.15) is 0 Å². The van der Waals surface area contributed by atoms with Crippen molar-refractivity contribution in [2.75, 3.05) is 0 Å². The standard InChI is InChI=1S/C13H14O/c1-3-7-13(14)8-6-11-5-4-10(2)9-12(11)13/h1,4-5,9,14H,6-8H2,2H3. The molecule has 14 heavy (non-hydrogen) atoms. The smallest absolute Gasteiger partial charge is 0.101 e. The van der Waals surface area contributed by atoms with E-state index in [1.165, 1.54) is 11.1 Å². The number of rotatable bonds is 1. The minimum atomic E-state index is -0.768. The van der Waals surface area contributed by atoms with E-state index in [1.54, 1.807) is 0 Å². The first-order chi connectivity index (χ1) is 6.65. The molecule has 1 aliphatic carbocycles. The molecule has 0 saturated heterocycles. The summed E-state index contributed by atoms with van der Waals surface area (Å²) < 4.78 is 0.